The molecule has 0 aliphatic heterocycles. The maximum Gasteiger partial charge on any atom is 0.0908 e. The first-order valence-corrected chi connectivity index (χ1v) is 2.33. The highest BCUT2D eigenvalue weighted by molar-refractivity contribution is 5.02. The van der Waals surface area contributed by atoms with Crippen LogP contribution in [0.3, 0.4) is 0 Å². The van der Waals surface area contributed by atoms with Gasteiger partial charge in [0.05, 0.1) is 6.07 Å². The average molecular weight is 95.1 g/mol. The number of rotatable bonds is 1. The van der Waals surface area contributed by atoms with Gasteiger partial charge in [-0.3, -0.25) is 0 Å². The molecule has 0 aromatic heterocycles. The van der Waals surface area contributed by atoms with Crippen LogP contribution in [0, 0.1) is 17.2 Å². The lowest BCUT2D eigenvalue weighted by Gasteiger charge is -1.86. The van der Waals surface area contributed by atoms with Crippen molar-refractivity contribution in [1.29, 1.82) is 5.26 Å². The second kappa shape index (κ2) is 3.42. The number of nitrogens with zero attached hydrogens (tertiary/aromatic N) is 1. The molecule has 0 aromatic carbocycles. The molecule has 38 valence electrons. The van der Waals surface area contributed by atoms with Crippen LogP contribution in [0.2, 0.25) is 0 Å². The van der Waals surface area contributed by atoms with E-state index in [0.29, 0.717) is 5.92 Å². The SMILES string of the molecule is CC(C)C=CC#N. The van der Waals surface area contributed by atoms with Crippen LogP contribution in [0.1, 0.15) is 13.8 Å². The van der Waals surface area contributed by atoms with Crippen LogP contribution in [-0.4, -0.2) is 0 Å². The first kappa shape index (κ1) is 6.23. The highest BCUT2D eigenvalue weighted by Crippen LogP contribution is 1.90. The lowest BCUT2D eigenvalue weighted by Crippen LogP contribution is -1.73. The first-order chi connectivity index (χ1) is 3.27. The molecular formula is C6H9N. The summed E-state index contributed by atoms with van der Waals surface area (Å²) >= 11 is 0. The summed E-state index contributed by atoms with van der Waals surface area (Å²) in [6, 6.07) is 1.92. The fourth-order valence-electron chi connectivity index (χ4n) is 0.235. The van der Waals surface area contributed by atoms with Crippen molar-refractivity contribution in [1.82, 2.24) is 0 Å². The Morgan fingerprint density at radius 1 is 1.57 bits per heavy atom. The lowest BCUT2D eigenvalue weighted by atomic mass is 10.2. The Morgan fingerprint density at radius 3 is 2.29 bits per heavy atom. The van der Waals surface area contributed by atoms with E-state index in [1.165, 1.54) is 6.08 Å². The van der Waals surface area contributed by atoms with E-state index in [1.54, 1.807) is 0 Å². The van der Waals surface area contributed by atoms with Crippen molar-refractivity contribution >= 4 is 0 Å². The number of nitriles is 1. The molecule has 0 N–H and O–H groups in total. The number of hydrogen-bond donors (Lipinski definition) is 0. The van der Waals surface area contributed by atoms with Gasteiger partial charge in [-0.1, -0.05) is 19.9 Å². The maximum absolute atomic E-state index is 7.98. The fraction of sp³-hybridized carbons (Fsp3) is 0.500. The highest BCUT2D eigenvalue weighted by atomic mass is 14.2. The van der Waals surface area contributed by atoms with Gasteiger partial charge in [0.1, 0.15) is 0 Å². The van der Waals surface area contributed by atoms with Crippen molar-refractivity contribution in [2.75, 3.05) is 0 Å². The van der Waals surface area contributed by atoms with Gasteiger partial charge in [0.25, 0.3) is 0 Å². The van der Waals surface area contributed by atoms with E-state index in [-0.39, 0.29) is 0 Å². The molecule has 0 spiro atoms. The molecule has 1 heteroatoms. The van der Waals surface area contributed by atoms with Crippen molar-refractivity contribution in [3.05, 3.63) is 12.2 Å². The van der Waals surface area contributed by atoms with Gasteiger partial charge in [-0.05, 0) is 5.92 Å². The molecule has 0 amide bonds. The fourth-order valence-corrected chi connectivity index (χ4v) is 0.235. The first-order valence-electron chi connectivity index (χ1n) is 2.33. The summed E-state index contributed by atoms with van der Waals surface area (Å²) in [5.74, 6) is 0.500. The summed E-state index contributed by atoms with van der Waals surface area (Å²) in [5.41, 5.74) is 0. The van der Waals surface area contributed by atoms with Gasteiger partial charge in [0.15, 0.2) is 0 Å². The summed E-state index contributed by atoms with van der Waals surface area (Å²) < 4.78 is 0. The number of hydrogen-bond acceptors (Lipinski definition) is 1. The molecule has 0 saturated heterocycles. The third-order valence-electron chi connectivity index (χ3n) is 0.556. The molecule has 0 atom stereocenters. The van der Waals surface area contributed by atoms with Gasteiger partial charge in [-0.25, -0.2) is 0 Å². The zero-order valence-electron chi connectivity index (χ0n) is 4.68. The van der Waals surface area contributed by atoms with Crippen molar-refractivity contribution in [2.45, 2.75) is 13.8 Å². The molecule has 1 nitrogen and oxygen atoms in total. The average Bonchev–Trinajstić information content (AvgIpc) is 1.61. The van der Waals surface area contributed by atoms with Gasteiger partial charge in [-0.2, -0.15) is 5.26 Å². The molecule has 0 bridgehead atoms. The molecule has 0 aliphatic rings. The Labute approximate surface area is 44.3 Å². The molecule has 0 heterocycles. The van der Waals surface area contributed by atoms with Gasteiger partial charge in [-0.15, -0.1) is 0 Å². The molecule has 0 unspecified atom stereocenters. The minimum atomic E-state index is 0.500. The summed E-state index contributed by atoms with van der Waals surface area (Å²) in [4.78, 5) is 0. The van der Waals surface area contributed by atoms with Crippen molar-refractivity contribution < 1.29 is 0 Å². The summed E-state index contributed by atoms with van der Waals surface area (Å²) in [6.45, 7) is 4.07. The van der Waals surface area contributed by atoms with Crippen LogP contribution >= 0.6 is 0 Å². The zero-order chi connectivity index (χ0) is 5.70. The molecule has 0 aliphatic carbocycles. The summed E-state index contributed by atoms with van der Waals surface area (Å²) in [6.07, 6.45) is 3.37. The monoisotopic (exact) mass is 95.1 g/mol. The van der Waals surface area contributed by atoms with Crippen LogP contribution in [0.5, 0.6) is 0 Å². The third-order valence-corrected chi connectivity index (χ3v) is 0.556. The van der Waals surface area contributed by atoms with Crippen LogP contribution in [0.15, 0.2) is 12.2 Å². The van der Waals surface area contributed by atoms with Crippen molar-refractivity contribution in [2.24, 2.45) is 5.92 Å². The van der Waals surface area contributed by atoms with Crippen LogP contribution in [-0.2, 0) is 0 Å². The summed E-state index contributed by atoms with van der Waals surface area (Å²) in [5, 5.41) is 7.98. The Bertz CT molecular complexity index is 95.2. The maximum atomic E-state index is 7.98. The highest BCUT2D eigenvalue weighted by Gasteiger charge is 1.78. The topological polar surface area (TPSA) is 23.8 Å². The Kier molecular flexibility index (Phi) is 3.04. The van der Waals surface area contributed by atoms with Crippen LogP contribution in [0.25, 0.3) is 0 Å². The second-order valence-corrected chi connectivity index (χ2v) is 1.73. The van der Waals surface area contributed by atoms with Gasteiger partial charge >= 0.3 is 0 Å². The quantitative estimate of drug-likeness (QED) is 0.455. The minimum Gasteiger partial charge on any atom is -0.193 e. The Morgan fingerprint density at radius 2 is 2.14 bits per heavy atom. The Hall–Kier alpha value is -0.770. The van der Waals surface area contributed by atoms with E-state index in [9.17, 15) is 0 Å². The minimum absolute atomic E-state index is 0.500. The number of allylic oxidation sites excluding steroid dienone is 2. The molecule has 0 aromatic rings. The largest absolute Gasteiger partial charge is 0.193 e. The van der Waals surface area contributed by atoms with Crippen molar-refractivity contribution in [3.63, 3.8) is 0 Å². The molecule has 7 heavy (non-hydrogen) atoms. The van der Waals surface area contributed by atoms with E-state index < -0.39 is 0 Å². The van der Waals surface area contributed by atoms with E-state index in [4.69, 9.17) is 5.26 Å². The normalized spacial score (nSPS) is 10.0. The van der Waals surface area contributed by atoms with E-state index in [1.807, 2.05) is 26.0 Å². The van der Waals surface area contributed by atoms with E-state index >= 15 is 0 Å². The van der Waals surface area contributed by atoms with Gasteiger partial charge in [0, 0.05) is 6.08 Å². The molecule has 0 saturated carbocycles. The van der Waals surface area contributed by atoms with Crippen molar-refractivity contribution in [3.8, 4) is 6.07 Å². The molecule has 0 rings (SSSR count). The third kappa shape index (κ3) is 5.23. The van der Waals surface area contributed by atoms with Gasteiger partial charge < -0.3 is 0 Å². The zero-order valence-corrected chi connectivity index (χ0v) is 4.68. The smallest absolute Gasteiger partial charge is 0.0908 e. The van der Waals surface area contributed by atoms with Crippen LogP contribution < -0.4 is 0 Å². The predicted octanol–water partition coefficient (Wildman–Crippen LogP) is 1.72. The predicted molar refractivity (Wildman–Crippen MR) is 29.6 cm³/mol. The molecular weight excluding hydrogens is 86.1 g/mol. The van der Waals surface area contributed by atoms with E-state index in [0.717, 1.165) is 0 Å². The standard InChI is InChI=1S/C6H9N/c1-6(2)4-3-5-7/h3-4,6H,1-2H3. The Balaban J connectivity index is 3.31. The molecule has 0 fully saturated rings. The second-order valence-electron chi connectivity index (χ2n) is 1.73. The molecule has 0 radical (unpaired) electrons. The van der Waals surface area contributed by atoms with Crippen LogP contribution in [0.4, 0.5) is 0 Å². The lowest BCUT2D eigenvalue weighted by molar-refractivity contribution is 0.832. The summed E-state index contributed by atoms with van der Waals surface area (Å²) in [7, 11) is 0. The van der Waals surface area contributed by atoms with Gasteiger partial charge in [0.2, 0.25) is 0 Å². The van der Waals surface area contributed by atoms with E-state index in [2.05, 4.69) is 0 Å².